The predicted octanol–water partition coefficient (Wildman–Crippen LogP) is 4.14. The Morgan fingerprint density at radius 1 is 1.25 bits per heavy atom. The first kappa shape index (κ1) is 15.1. The Labute approximate surface area is 128 Å². The molecule has 2 heterocycles. The zero-order chi connectivity index (χ0) is 14.5. The van der Waals surface area contributed by atoms with E-state index in [-0.39, 0.29) is 18.1 Å². The second kappa shape index (κ2) is 6.90. The second-order valence-electron chi connectivity index (χ2n) is 4.94. The van der Waals surface area contributed by atoms with Crippen LogP contribution in [0.15, 0.2) is 35.0 Å². The van der Waals surface area contributed by atoms with Gasteiger partial charge in [0.1, 0.15) is 0 Å². The number of carbonyl (C=O) groups excluding carboxylic acids is 1. The van der Waals surface area contributed by atoms with E-state index in [1.807, 2.05) is 31.5 Å². The largest absolute Gasteiger partial charge is 0.335 e. The van der Waals surface area contributed by atoms with Gasteiger partial charge in [-0.25, -0.2) is 4.79 Å². The minimum absolute atomic E-state index is 0.0186. The molecule has 0 radical (unpaired) electrons. The third-order valence-corrected chi connectivity index (χ3v) is 5.25. The van der Waals surface area contributed by atoms with E-state index >= 15 is 0 Å². The average Bonchev–Trinajstić information content (AvgIpc) is 3.09. The van der Waals surface area contributed by atoms with Gasteiger partial charge < -0.3 is 10.2 Å². The Balaban J connectivity index is 1.87. The van der Waals surface area contributed by atoms with E-state index in [0.717, 1.165) is 6.42 Å². The number of urea groups is 1. The van der Waals surface area contributed by atoms with Crippen molar-refractivity contribution in [3.8, 4) is 0 Å². The van der Waals surface area contributed by atoms with Crippen LogP contribution >= 0.6 is 22.7 Å². The summed E-state index contributed by atoms with van der Waals surface area (Å²) in [4.78, 5) is 16.5. The lowest BCUT2D eigenvalue weighted by atomic mass is 10.2. The summed E-state index contributed by atoms with van der Waals surface area (Å²) in [6.45, 7) is 4.09. The van der Waals surface area contributed by atoms with Gasteiger partial charge in [-0.05, 0) is 36.7 Å². The monoisotopic (exact) mass is 308 g/mol. The zero-order valence-electron chi connectivity index (χ0n) is 12.0. The molecule has 0 aliphatic heterocycles. The number of amides is 2. The summed E-state index contributed by atoms with van der Waals surface area (Å²) < 4.78 is 0. The van der Waals surface area contributed by atoms with Crippen LogP contribution in [0.3, 0.4) is 0 Å². The summed E-state index contributed by atoms with van der Waals surface area (Å²) in [6, 6.07) is 8.44. The molecular formula is C15H20N2OS2. The smallest absolute Gasteiger partial charge is 0.317 e. The standard InChI is InChI=1S/C15H20N2OS2/c1-11(10-13-6-4-8-19-13)16-15(18)17(3)12(2)14-7-5-9-20-14/h4-9,11-12H,10H2,1-3H3,(H,16,18). The van der Waals surface area contributed by atoms with Gasteiger partial charge in [0.2, 0.25) is 0 Å². The lowest BCUT2D eigenvalue weighted by molar-refractivity contribution is 0.192. The van der Waals surface area contributed by atoms with E-state index in [1.54, 1.807) is 27.6 Å². The van der Waals surface area contributed by atoms with Crippen molar-refractivity contribution in [2.24, 2.45) is 0 Å². The van der Waals surface area contributed by atoms with E-state index in [2.05, 4.69) is 29.8 Å². The van der Waals surface area contributed by atoms with Crippen molar-refractivity contribution >= 4 is 28.7 Å². The fraction of sp³-hybridized carbons (Fsp3) is 0.400. The first-order valence-corrected chi connectivity index (χ1v) is 8.43. The van der Waals surface area contributed by atoms with Crippen molar-refractivity contribution in [1.82, 2.24) is 10.2 Å². The fourth-order valence-corrected chi connectivity index (χ4v) is 3.65. The van der Waals surface area contributed by atoms with E-state index in [0.29, 0.717) is 0 Å². The maximum absolute atomic E-state index is 12.2. The summed E-state index contributed by atoms with van der Waals surface area (Å²) in [5.41, 5.74) is 0. The molecule has 1 N–H and O–H groups in total. The Bertz CT molecular complexity index is 522. The highest BCUT2D eigenvalue weighted by atomic mass is 32.1. The van der Waals surface area contributed by atoms with Crippen LogP contribution in [0, 0.1) is 0 Å². The summed E-state index contributed by atoms with van der Waals surface area (Å²) >= 11 is 3.41. The minimum Gasteiger partial charge on any atom is -0.335 e. The number of nitrogens with one attached hydrogen (secondary N) is 1. The van der Waals surface area contributed by atoms with Crippen LogP contribution in [0.25, 0.3) is 0 Å². The van der Waals surface area contributed by atoms with Gasteiger partial charge in [-0.1, -0.05) is 12.1 Å². The van der Waals surface area contributed by atoms with Gasteiger partial charge in [0.15, 0.2) is 0 Å². The summed E-state index contributed by atoms with van der Waals surface area (Å²) in [7, 11) is 1.84. The quantitative estimate of drug-likeness (QED) is 0.884. The van der Waals surface area contributed by atoms with Crippen LogP contribution in [0.1, 0.15) is 29.6 Å². The molecule has 20 heavy (non-hydrogen) atoms. The van der Waals surface area contributed by atoms with Crippen LogP contribution in [0.5, 0.6) is 0 Å². The van der Waals surface area contributed by atoms with Gasteiger partial charge in [0.05, 0.1) is 6.04 Å². The Morgan fingerprint density at radius 3 is 2.55 bits per heavy atom. The van der Waals surface area contributed by atoms with Gasteiger partial charge in [-0.15, -0.1) is 22.7 Å². The molecule has 2 unspecified atom stereocenters. The number of hydrogen-bond acceptors (Lipinski definition) is 3. The molecule has 5 heteroatoms. The second-order valence-corrected chi connectivity index (χ2v) is 6.95. The molecule has 3 nitrogen and oxygen atoms in total. The van der Waals surface area contributed by atoms with Crippen molar-refractivity contribution in [1.29, 1.82) is 0 Å². The van der Waals surface area contributed by atoms with Gasteiger partial charge in [0, 0.05) is 29.3 Å². The third-order valence-electron chi connectivity index (χ3n) is 3.31. The third kappa shape index (κ3) is 3.84. The van der Waals surface area contributed by atoms with Crippen molar-refractivity contribution in [2.75, 3.05) is 7.05 Å². The predicted molar refractivity (Wildman–Crippen MR) is 86.5 cm³/mol. The molecule has 2 aromatic rings. The van der Waals surface area contributed by atoms with Gasteiger partial charge >= 0.3 is 6.03 Å². The van der Waals surface area contributed by atoms with Crippen molar-refractivity contribution in [3.05, 3.63) is 44.8 Å². The molecule has 0 saturated carbocycles. The highest BCUT2D eigenvalue weighted by molar-refractivity contribution is 7.10. The van der Waals surface area contributed by atoms with Crippen molar-refractivity contribution in [2.45, 2.75) is 32.4 Å². The van der Waals surface area contributed by atoms with Crippen molar-refractivity contribution in [3.63, 3.8) is 0 Å². The van der Waals surface area contributed by atoms with E-state index < -0.39 is 0 Å². The van der Waals surface area contributed by atoms with Crippen LogP contribution in [0.4, 0.5) is 4.79 Å². The molecule has 108 valence electrons. The Kier molecular flexibility index (Phi) is 5.20. The number of thiophene rings is 2. The molecule has 0 bridgehead atoms. The molecule has 2 amide bonds. The van der Waals surface area contributed by atoms with Gasteiger partial charge in [-0.3, -0.25) is 0 Å². The van der Waals surface area contributed by atoms with Gasteiger partial charge in [0.25, 0.3) is 0 Å². The topological polar surface area (TPSA) is 32.3 Å². The SMILES string of the molecule is CC(Cc1cccs1)NC(=O)N(C)C(C)c1cccs1. The average molecular weight is 308 g/mol. The molecule has 0 saturated heterocycles. The summed E-state index contributed by atoms with van der Waals surface area (Å²) in [5.74, 6) is 0. The van der Waals surface area contributed by atoms with Crippen LogP contribution in [0.2, 0.25) is 0 Å². The van der Waals surface area contributed by atoms with Crippen LogP contribution in [-0.4, -0.2) is 24.0 Å². The lowest BCUT2D eigenvalue weighted by Gasteiger charge is -2.26. The minimum atomic E-state index is -0.0186. The van der Waals surface area contributed by atoms with Crippen LogP contribution < -0.4 is 5.32 Å². The molecule has 0 aliphatic carbocycles. The first-order chi connectivity index (χ1) is 9.58. The molecule has 2 atom stereocenters. The van der Waals surface area contributed by atoms with Gasteiger partial charge in [-0.2, -0.15) is 0 Å². The molecule has 2 aromatic heterocycles. The lowest BCUT2D eigenvalue weighted by Crippen LogP contribution is -2.43. The molecular weight excluding hydrogens is 288 g/mol. The molecule has 2 rings (SSSR count). The Hall–Kier alpha value is -1.33. The molecule has 0 fully saturated rings. The summed E-state index contributed by atoms with van der Waals surface area (Å²) in [5, 5.41) is 7.16. The number of rotatable bonds is 5. The van der Waals surface area contributed by atoms with E-state index in [4.69, 9.17) is 0 Å². The molecule has 0 aromatic carbocycles. The van der Waals surface area contributed by atoms with Crippen LogP contribution in [-0.2, 0) is 6.42 Å². The highest BCUT2D eigenvalue weighted by Gasteiger charge is 2.19. The maximum atomic E-state index is 12.2. The van der Waals surface area contributed by atoms with E-state index in [1.165, 1.54) is 9.75 Å². The van der Waals surface area contributed by atoms with Crippen molar-refractivity contribution < 1.29 is 4.79 Å². The molecule has 0 aliphatic rings. The summed E-state index contributed by atoms with van der Waals surface area (Å²) in [6.07, 6.45) is 0.880. The normalized spacial score (nSPS) is 13.8. The van der Waals surface area contributed by atoms with E-state index in [9.17, 15) is 4.79 Å². The maximum Gasteiger partial charge on any atom is 0.317 e. The highest BCUT2D eigenvalue weighted by Crippen LogP contribution is 2.23. The fourth-order valence-electron chi connectivity index (χ4n) is 1.99. The number of carbonyl (C=O) groups is 1. The Morgan fingerprint density at radius 2 is 1.95 bits per heavy atom. The zero-order valence-corrected chi connectivity index (χ0v) is 13.6. The first-order valence-electron chi connectivity index (χ1n) is 6.67. The number of nitrogens with zero attached hydrogens (tertiary/aromatic N) is 1. The number of hydrogen-bond donors (Lipinski definition) is 1. The molecule has 0 spiro atoms.